The highest BCUT2D eigenvalue weighted by Gasteiger charge is 2.18. The van der Waals surface area contributed by atoms with E-state index in [9.17, 15) is 0 Å². The normalized spacial score (nSPS) is 30.9. The maximum absolute atomic E-state index is 5.36. The van der Waals surface area contributed by atoms with Crippen molar-refractivity contribution in [2.45, 2.75) is 44.6 Å². The summed E-state index contributed by atoms with van der Waals surface area (Å²) in [5, 5.41) is 3.68. The van der Waals surface area contributed by atoms with Crippen molar-refractivity contribution >= 4 is 0 Å². The van der Waals surface area contributed by atoms with E-state index in [-0.39, 0.29) is 0 Å². The summed E-state index contributed by atoms with van der Waals surface area (Å²) < 4.78 is 5.36. The highest BCUT2D eigenvalue weighted by Crippen LogP contribution is 2.18. The van der Waals surface area contributed by atoms with Gasteiger partial charge in [0.1, 0.15) is 0 Å². The van der Waals surface area contributed by atoms with Crippen LogP contribution in [0, 0.1) is 5.92 Å². The van der Waals surface area contributed by atoms with Crippen molar-refractivity contribution in [1.29, 1.82) is 0 Å². The fourth-order valence-electron chi connectivity index (χ4n) is 2.38. The van der Waals surface area contributed by atoms with E-state index in [4.69, 9.17) is 4.74 Å². The standard InChI is InChI=1S/C11H21NO/c1-2-4-11(5-3-1)12-8-10-6-7-13-9-10/h10-12H,1-9H2/t10-/m1/s1. The monoisotopic (exact) mass is 183 g/mol. The van der Waals surface area contributed by atoms with Crippen LogP contribution in [0.1, 0.15) is 38.5 Å². The quantitative estimate of drug-likeness (QED) is 0.722. The minimum Gasteiger partial charge on any atom is -0.381 e. The Morgan fingerprint density at radius 2 is 1.92 bits per heavy atom. The van der Waals surface area contributed by atoms with E-state index in [1.54, 1.807) is 0 Å². The van der Waals surface area contributed by atoms with Crippen LogP contribution in [0.5, 0.6) is 0 Å². The van der Waals surface area contributed by atoms with E-state index in [2.05, 4.69) is 5.32 Å². The smallest absolute Gasteiger partial charge is 0.0507 e. The molecule has 0 spiro atoms. The first-order chi connectivity index (χ1) is 6.45. The highest BCUT2D eigenvalue weighted by molar-refractivity contribution is 4.75. The first-order valence-electron chi connectivity index (χ1n) is 5.76. The molecule has 2 nitrogen and oxygen atoms in total. The maximum Gasteiger partial charge on any atom is 0.0507 e. The van der Waals surface area contributed by atoms with Gasteiger partial charge in [0.05, 0.1) is 6.61 Å². The Morgan fingerprint density at radius 3 is 2.62 bits per heavy atom. The fraction of sp³-hybridized carbons (Fsp3) is 1.00. The van der Waals surface area contributed by atoms with Crippen molar-refractivity contribution in [3.05, 3.63) is 0 Å². The molecule has 0 radical (unpaired) electrons. The second-order valence-corrected chi connectivity index (χ2v) is 4.47. The molecule has 0 unspecified atom stereocenters. The molecule has 0 bridgehead atoms. The van der Waals surface area contributed by atoms with Crippen LogP contribution in [0.3, 0.4) is 0 Å². The Morgan fingerprint density at radius 1 is 1.08 bits per heavy atom. The van der Waals surface area contributed by atoms with Crippen molar-refractivity contribution in [3.63, 3.8) is 0 Å². The molecular weight excluding hydrogens is 162 g/mol. The Kier molecular flexibility index (Phi) is 3.62. The summed E-state index contributed by atoms with van der Waals surface area (Å²) in [5.41, 5.74) is 0. The van der Waals surface area contributed by atoms with E-state index in [1.165, 1.54) is 45.1 Å². The van der Waals surface area contributed by atoms with Gasteiger partial charge in [-0.15, -0.1) is 0 Å². The van der Waals surface area contributed by atoms with Crippen LogP contribution in [-0.2, 0) is 4.74 Å². The Bertz CT molecular complexity index is 137. The number of rotatable bonds is 3. The molecule has 1 saturated heterocycles. The molecule has 0 aromatic rings. The van der Waals surface area contributed by atoms with Gasteiger partial charge in [0.2, 0.25) is 0 Å². The van der Waals surface area contributed by atoms with Gasteiger partial charge in [-0.2, -0.15) is 0 Å². The second-order valence-electron chi connectivity index (χ2n) is 4.47. The van der Waals surface area contributed by atoms with Crippen molar-refractivity contribution in [1.82, 2.24) is 5.32 Å². The zero-order chi connectivity index (χ0) is 8.93. The molecule has 0 aromatic heterocycles. The largest absolute Gasteiger partial charge is 0.381 e. The highest BCUT2D eigenvalue weighted by atomic mass is 16.5. The van der Waals surface area contributed by atoms with Gasteiger partial charge in [-0.25, -0.2) is 0 Å². The van der Waals surface area contributed by atoms with Crippen LogP contribution in [0.2, 0.25) is 0 Å². The van der Waals surface area contributed by atoms with E-state index < -0.39 is 0 Å². The Hall–Kier alpha value is -0.0800. The molecule has 2 fully saturated rings. The molecule has 0 aromatic carbocycles. The summed E-state index contributed by atoms with van der Waals surface area (Å²) >= 11 is 0. The molecule has 2 rings (SSSR count). The average Bonchev–Trinajstić information content (AvgIpc) is 2.69. The van der Waals surface area contributed by atoms with Gasteiger partial charge in [-0.3, -0.25) is 0 Å². The first kappa shape index (κ1) is 9.47. The van der Waals surface area contributed by atoms with Gasteiger partial charge in [-0.05, 0) is 25.2 Å². The average molecular weight is 183 g/mol. The lowest BCUT2D eigenvalue weighted by Crippen LogP contribution is -2.34. The molecule has 1 saturated carbocycles. The molecule has 2 heteroatoms. The topological polar surface area (TPSA) is 21.3 Å². The predicted octanol–water partition coefficient (Wildman–Crippen LogP) is 1.95. The van der Waals surface area contributed by atoms with E-state index in [0.29, 0.717) is 0 Å². The number of ether oxygens (including phenoxy) is 1. The lowest BCUT2D eigenvalue weighted by Gasteiger charge is -2.24. The minimum atomic E-state index is 0.793. The molecule has 13 heavy (non-hydrogen) atoms. The van der Waals surface area contributed by atoms with Gasteiger partial charge in [0.15, 0.2) is 0 Å². The SMILES string of the molecule is C1CCC(NC[C@H]2CCOC2)CC1. The third-order valence-electron chi connectivity index (χ3n) is 3.32. The molecule has 0 amide bonds. The number of hydrogen-bond acceptors (Lipinski definition) is 2. The third kappa shape index (κ3) is 2.96. The molecule has 1 aliphatic heterocycles. The summed E-state index contributed by atoms with van der Waals surface area (Å²) in [5.74, 6) is 0.793. The Labute approximate surface area is 81.0 Å². The van der Waals surface area contributed by atoms with E-state index in [1.807, 2.05) is 0 Å². The summed E-state index contributed by atoms with van der Waals surface area (Å²) in [6, 6.07) is 0.814. The van der Waals surface area contributed by atoms with E-state index in [0.717, 1.165) is 25.2 Å². The van der Waals surface area contributed by atoms with Gasteiger partial charge in [-0.1, -0.05) is 19.3 Å². The van der Waals surface area contributed by atoms with E-state index >= 15 is 0 Å². The van der Waals surface area contributed by atoms with Crippen molar-refractivity contribution < 1.29 is 4.74 Å². The summed E-state index contributed by atoms with van der Waals surface area (Å²) in [7, 11) is 0. The minimum absolute atomic E-state index is 0.793. The van der Waals surface area contributed by atoms with Crippen LogP contribution >= 0.6 is 0 Å². The van der Waals surface area contributed by atoms with Crippen LogP contribution in [-0.4, -0.2) is 25.8 Å². The number of hydrogen-bond donors (Lipinski definition) is 1. The maximum atomic E-state index is 5.36. The lowest BCUT2D eigenvalue weighted by molar-refractivity contribution is 0.184. The van der Waals surface area contributed by atoms with Crippen molar-refractivity contribution in [2.75, 3.05) is 19.8 Å². The third-order valence-corrected chi connectivity index (χ3v) is 3.32. The molecule has 76 valence electrons. The molecule has 1 N–H and O–H groups in total. The van der Waals surface area contributed by atoms with Gasteiger partial charge < -0.3 is 10.1 Å². The van der Waals surface area contributed by atoms with Gasteiger partial charge >= 0.3 is 0 Å². The first-order valence-corrected chi connectivity index (χ1v) is 5.76. The van der Waals surface area contributed by atoms with Gasteiger partial charge in [0.25, 0.3) is 0 Å². The molecule has 2 aliphatic rings. The van der Waals surface area contributed by atoms with Crippen molar-refractivity contribution in [2.24, 2.45) is 5.92 Å². The van der Waals surface area contributed by atoms with Crippen LogP contribution in [0.15, 0.2) is 0 Å². The summed E-state index contributed by atoms with van der Waals surface area (Å²) in [6.45, 7) is 3.15. The van der Waals surface area contributed by atoms with Crippen molar-refractivity contribution in [3.8, 4) is 0 Å². The second kappa shape index (κ2) is 4.97. The zero-order valence-corrected chi connectivity index (χ0v) is 8.43. The van der Waals surface area contributed by atoms with Crippen LogP contribution in [0.25, 0.3) is 0 Å². The summed E-state index contributed by atoms with van der Waals surface area (Å²) in [4.78, 5) is 0. The molecule has 1 atom stereocenters. The van der Waals surface area contributed by atoms with Gasteiger partial charge in [0, 0.05) is 19.2 Å². The predicted molar refractivity (Wildman–Crippen MR) is 53.8 cm³/mol. The molecule has 1 aliphatic carbocycles. The van der Waals surface area contributed by atoms with Crippen LogP contribution < -0.4 is 5.32 Å². The molecular formula is C11H21NO. The summed E-state index contributed by atoms with van der Waals surface area (Å²) in [6.07, 6.45) is 8.36. The molecule has 1 heterocycles. The number of nitrogens with one attached hydrogen (secondary N) is 1. The lowest BCUT2D eigenvalue weighted by atomic mass is 9.95. The Balaban J connectivity index is 1.60. The fourth-order valence-corrected chi connectivity index (χ4v) is 2.38. The van der Waals surface area contributed by atoms with Crippen LogP contribution in [0.4, 0.5) is 0 Å². The zero-order valence-electron chi connectivity index (χ0n) is 8.43.